The Kier molecular flexibility index (Phi) is 7.45. The van der Waals surface area contributed by atoms with Crippen LogP contribution in [0.15, 0.2) is 182 Å². The minimum atomic E-state index is 1.04. The van der Waals surface area contributed by atoms with Crippen molar-refractivity contribution < 1.29 is 0 Å². The first kappa shape index (κ1) is 32.9. The molecule has 7 aromatic carbocycles. The predicted octanol–water partition coefficient (Wildman–Crippen LogP) is 14.1. The summed E-state index contributed by atoms with van der Waals surface area (Å²) in [5.74, 6) is 0. The highest BCUT2D eigenvalue weighted by atomic mass is 15.1. The molecule has 0 radical (unpaired) electrons. The maximum absolute atomic E-state index is 2.47. The Bertz CT molecular complexity index is 3210. The number of aryl methyl sites for hydroxylation is 1. The molecule has 58 heavy (non-hydrogen) atoms. The van der Waals surface area contributed by atoms with Crippen molar-refractivity contribution in [2.45, 2.75) is 25.7 Å². The summed E-state index contributed by atoms with van der Waals surface area (Å²) in [6.07, 6.45) is 13.5. The van der Waals surface area contributed by atoms with Gasteiger partial charge in [0.2, 0.25) is 0 Å². The van der Waals surface area contributed by atoms with E-state index in [0.717, 1.165) is 48.4 Å². The molecule has 276 valence electrons. The fraction of sp³-hybridized carbons (Fsp3) is 0.0741. The van der Waals surface area contributed by atoms with Crippen molar-refractivity contribution in [3.05, 3.63) is 205 Å². The smallest absolute Gasteiger partial charge is 0.0541 e. The Morgan fingerprint density at radius 3 is 1.38 bits per heavy atom. The molecule has 0 unspecified atom stereocenters. The van der Waals surface area contributed by atoms with Gasteiger partial charge in [-0.05, 0) is 134 Å². The highest BCUT2D eigenvalue weighted by Gasteiger charge is 2.21. The van der Waals surface area contributed by atoms with Gasteiger partial charge in [0.05, 0.1) is 22.1 Å². The molecule has 0 spiro atoms. The van der Waals surface area contributed by atoms with Gasteiger partial charge in [-0.25, -0.2) is 0 Å². The standard InChI is InChI=1S/C54H40N4/c1-7-19-49-43(13-1)44-14-2-8-20-50(44)56(49)40-31-25-37(26-32-40)55(38-27-33-41(34-28-38)57-51-21-9-3-15-45(51)46-16-4-10-22-52(46)57)39-29-35-42(36-30-39)58-53-23-11-5-17-47(53)48-18-6-12-24-54(48)58/h1-5,7-9,11-17,19-21,23-36H,6,10,18,22H2. The maximum Gasteiger partial charge on any atom is 0.0541 e. The van der Waals surface area contributed by atoms with Crippen LogP contribution in [-0.2, 0) is 12.8 Å². The normalized spacial score (nSPS) is 13.4. The van der Waals surface area contributed by atoms with Crippen LogP contribution in [0.1, 0.15) is 35.4 Å². The monoisotopic (exact) mass is 744 g/mol. The van der Waals surface area contributed by atoms with E-state index in [4.69, 9.17) is 0 Å². The zero-order chi connectivity index (χ0) is 38.2. The van der Waals surface area contributed by atoms with E-state index in [1.54, 1.807) is 0 Å². The summed E-state index contributed by atoms with van der Waals surface area (Å²) in [6.45, 7) is 0. The molecule has 2 aliphatic rings. The number of aromatic nitrogens is 3. The number of hydrogen-bond donors (Lipinski definition) is 0. The van der Waals surface area contributed by atoms with Crippen molar-refractivity contribution in [3.8, 4) is 17.1 Å². The van der Waals surface area contributed by atoms with Crippen molar-refractivity contribution >= 4 is 72.8 Å². The van der Waals surface area contributed by atoms with E-state index in [1.165, 1.54) is 77.5 Å². The minimum absolute atomic E-state index is 1.04. The first-order chi connectivity index (χ1) is 28.8. The lowest BCUT2D eigenvalue weighted by Crippen LogP contribution is -2.11. The third kappa shape index (κ3) is 5.01. The Morgan fingerprint density at radius 1 is 0.362 bits per heavy atom. The molecule has 0 aliphatic heterocycles. The van der Waals surface area contributed by atoms with E-state index in [0.29, 0.717) is 0 Å². The van der Waals surface area contributed by atoms with Crippen LogP contribution in [0, 0.1) is 0 Å². The maximum atomic E-state index is 2.47. The summed E-state index contributed by atoms with van der Waals surface area (Å²) >= 11 is 0. The zero-order valence-corrected chi connectivity index (χ0v) is 32.1. The van der Waals surface area contributed by atoms with Gasteiger partial charge in [0, 0.05) is 72.6 Å². The van der Waals surface area contributed by atoms with Crippen molar-refractivity contribution in [2.75, 3.05) is 4.90 Å². The lowest BCUT2D eigenvalue weighted by molar-refractivity contribution is 0.888. The number of rotatable bonds is 6. The lowest BCUT2D eigenvalue weighted by Gasteiger charge is -2.26. The number of para-hydroxylation sites is 4. The third-order valence-electron chi connectivity index (χ3n) is 12.4. The first-order valence-electron chi connectivity index (χ1n) is 20.5. The molecule has 3 heterocycles. The van der Waals surface area contributed by atoms with Gasteiger partial charge >= 0.3 is 0 Å². The molecule has 4 nitrogen and oxygen atoms in total. The molecule has 0 atom stereocenters. The van der Waals surface area contributed by atoms with Crippen LogP contribution in [0.5, 0.6) is 0 Å². The summed E-state index contributed by atoms with van der Waals surface area (Å²) < 4.78 is 7.28. The fourth-order valence-corrected chi connectivity index (χ4v) is 9.83. The average Bonchev–Trinajstić information content (AvgIpc) is 3.93. The average molecular weight is 745 g/mol. The van der Waals surface area contributed by atoms with E-state index in [-0.39, 0.29) is 0 Å². The molecule has 0 saturated carbocycles. The molecular formula is C54H40N4. The molecule has 0 fully saturated rings. The van der Waals surface area contributed by atoms with Crippen LogP contribution in [0.25, 0.3) is 72.8 Å². The molecule has 2 aliphatic carbocycles. The third-order valence-corrected chi connectivity index (χ3v) is 12.4. The summed E-state index contributed by atoms with van der Waals surface area (Å²) in [6, 6.07) is 62.4. The van der Waals surface area contributed by atoms with Crippen LogP contribution in [0.2, 0.25) is 0 Å². The van der Waals surface area contributed by atoms with Crippen molar-refractivity contribution in [3.63, 3.8) is 0 Å². The van der Waals surface area contributed by atoms with Gasteiger partial charge in [0.25, 0.3) is 0 Å². The highest BCUT2D eigenvalue weighted by molar-refractivity contribution is 6.09. The minimum Gasteiger partial charge on any atom is -0.313 e. The second-order valence-electron chi connectivity index (χ2n) is 15.6. The largest absolute Gasteiger partial charge is 0.313 e. The number of hydrogen-bond acceptors (Lipinski definition) is 1. The topological polar surface area (TPSA) is 18.0 Å². The number of allylic oxidation sites excluding steroid dienone is 2. The van der Waals surface area contributed by atoms with Crippen LogP contribution >= 0.6 is 0 Å². The Labute approximate surface area is 337 Å². The van der Waals surface area contributed by atoms with Gasteiger partial charge in [0.1, 0.15) is 0 Å². The van der Waals surface area contributed by atoms with Crippen molar-refractivity contribution in [1.82, 2.24) is 13.7 Å². The SMILES string of the molecule is C1=Cc2c(c3ccccc3n2-c2ccc(N(c3ccc(-n4c5c(c6ccccc64)C=CCC5)cc3)c3ccc(-n4c5ccccc5c5ccccc54)cc3)cc2)CC1. The van der Waals surface area contributed by atoms with Gasteiger partial charge in [-0.15, -0.1) is 0 Å². The number of fused-ring (bicyclic) bond motifs is 9. The Balaban J connectivity index is 0.985. The molecule has 10 aromatic rings. The van der Waals surface area contributed by atoms with Crippen LogP contribution in [0.3, 0.4) is 0 Å². The van der Waals surface area contributed by atoms with E-state index < -0.39 is 0 Å². The summed E-state index contributed by atoms with van der Waals surface area (Å²) in [5, 5.41) is 5.20. The van der Waals surface area contributed by atoms with E-state index in [1.807, 2.05) is 0 Å². The Hall–Kier alpha value is -7.30. The number of anilines is 3. The van der Waals surface area contributed by atoms with Crippen molar-refractivity contribution in [1.29, 1.82) is 0 Å². The van der Waals surface area contributed by atoms with E-state index in [9.17, 15) is 0 Å². The van der Waals surface area contributed by atoms with E-state index >= 15 is 0 Å². The van der Waals surface area contributed by atoms with E-state index in [2.05, 4.69) is 213 Å². The van der Waals surface area contributed by atoms with Gasteiger partial charge in [0.15, 0.2) is 0 Å². The van der Waals surface area contributed by atoms with Gasteiger partial charge in [-0.2, -0.15) is 0 Å². The second kappa shape index (κ2) is 13.1. The number of nitrogens with zero attached hydrogens (tertiary/aromatic N) is 4. The molecular weight excluding hydrogens is 705 g/mol. The summed E-state index contributed by atoms with van der Waals surface area (Å²) in [4.78, 5) is 2.39. The summed E-state index contributed by atoms with van der Waals surface area (Å²) in [7, 11) is 0. The molecule has 12 rings (SSSR count). The molecule has 3 aromatic heterocycles. The second-order valence-corrected chi connectivity index (χ2v) is 15.6. The van der Waals surface area contributed by atoms with Crippen molar-refractivity contribution in [2.24, 2.45) is 0 Å². The van der Waals surface area contributed by atoms with Gasteiger partial charge in [-0.3, -0.25) is 0 Å². The van der Waals surface area contributed by atoms with Gasteiger partial charge < -0.3 is 18.6 Å². The zero-order valence-electron chi connectivity index (χ0n) is 32.1. The Morgan fingerprint density at radius 2 is 0.793 bits per heavy atom. The molecule has 0 amide bonds. The predicted molar refractivity (Wildman–Crippen MR) is 244 cm³/mol. The lowest BCUT2D eigenvalue weighted by atomic mass is 10.0. The molecule has 0 N–H and O–H groups in total. The molecule has 0 bridgehead atoms. The number of benzene rings is 7. The van der Waals surface area contributed by atoms with Crippen LogP contribution in [-0.4, -0.2) is 13.7 Å². The first-order valence-corrected chi connectivity index (χ1v) is 20.5. The van der Waals surface area contributed by atoms with Crippen LogP contribution < -0.4 is 4.90 Å². The molecule has 4 heteroatoms. The van der Waals surface area contributed by atoms with Gasteiger partial charge in [-0.1, -0.05) is 91.0 Å². The fourth-order valence-electron chi connectivity index (χ4n) is 9.83. The quantitative estimate of drug-likeness (QED) is 0.166. The molecule has 0 saturated heterocycles. The van der Waals surface area contributed by atoms with Crippen LogP contribution in [0.4, 0.5) is 17.1 Å². The highest BCUT2D eigenvalue weighted by Crippen LogP contribution is 2.40. The summed E-state index contributed by atoms with van der Waals surface area (Å²) in [5.41, 5.74) is 17.2.